The van der Waals surface area contributed by atoms with Gasteiger partial charge in [0.2, 0.25) is 6.29 Å². The standard InChI is InChI=1S/C16H21NO8/c1-23-10-6-8(2-4-9(10)17)3-5-12(19)25-16-15(22)14(21)13(20)11(7-18)24-16/h2-6,11,13-16,18,20-22H,7,17H2,1H3/b5-3+. The summed E-state index contributed by atoms with van der Waals surface area (Å²) >= 11 is 0. The number of aliphatic hydroxyl groups excluding tert-OH is 4. The average molecular weight is 355 g/mol. The van der Waals surface area contributed by atoms with Crippen molar-refractivity contribution in [3.63, 3.8) is 0 Å². The lowest BCUT2D eigenvalue weighted by Crippen LogP contribution is -2.59. The maximum atomic E-state index is 11.9. The van der Waals surface area contributed by atoms with Crippen molar-refractivity contribution in [2.75, 3.05) is 19.5 Å². The topological polar surface area (TPSA) is 152 Å². The fourth-order valence-electron chi connectivity index (χ4n) is 2.31. The molecule has 9 heteroatoms. The maximum Gasteiger partial charge on any atom is 0.333 e. The van der Waals surface area contributed by atoms with Crippen LogP contribution in [-0.2, 0) is 14.3 Å². The van der Waals surface area contributed by atoms with E-state index in [1.807, 2.05) is 0 Å². The molecule has 9 nitrogen and oxygen atoms in total. The van der Waals surface area contributed by atoms with Crippen molar-refractivity contribution in [1.82, 2.24) is 0 Å². The molecule has 0 saturated carbocycles. The van der Waals surface area contributed by atoms with Gasteiger partial charge in [0.25, 0.3) is 0 Å². The van der Waals surface area contributed by atoms with E-state index in [-0.39, 0.29) is 0 Å². The van der Waals surface area contributed by atoms with Gasteiger partial charge in [0.05, 0.1) is 19.4 Å². The van der Waals surface area contributed by atoms with E-state index in [1.54, 1.807) is 18.2 Å². The number of ether oxygens (including phenoxy) is 3. The summed E-state index contributed by atoms with van der Waals surface area (Å²) < 4.78 is 15.1. The largest absolute Gasteiger partial charge is 0.495 e. The first-order valence-corrected chi connectivity index (χ1v) is 7.50. The van der Waals surface area contributed by atoms with E-state index < -0.39 is 43.3 Å². The zero-order valence-electron chi connectivity index (χ0n) is 13.5. The number of hydrogen-bond acceptors (Lipinski definition) is 9. The van der Waals surface area contributed by atoms with Crippen LogP contribution in [0.1, 0.15) is 5.56 Å². The number of carbonyl (C=O) groups is 1. The summed E-state index contributed by atoms with van der Waals surface area (Å²) in [4.78, 5) is 11.9. The highest BCUT2D eigenvalue weighted by Gasteiger charge is 2.45. The van der Waals surface area contributed by atoms with Gasteiger partial charge in [-0.05, 0) is 23.8 Å². The van der Waals surface area contributed by atoms with Gasteiger partial charge in [-0.15, -0.1) is 0 Å². The van der Waals surface area contributed by atoms with Crippen LogP contribution >= 0.6 is 0 Å². The van der Waals surface area contributed by atoms with Crippen LogP contribution in [0.15, 0.2) is 24.3 Å². The average Bonchev–Trinajstić information content (AvgIpc) is 2.61. The van der Waals surface area contributed by atoms with Crippen LogP contribution in [0.5, 0.6) is 5.75 Å². The molecule has 1 aromatic carbocycles. The van der Waals surface area contributed by atoms with E-state index in [1.165, 1.54) is 13.2 Å². The zero-order chi connectivity index (χ0) is 18.6. The minimum Gasteiger partial charge on any atom is -0.495 e. The van der Waals surface area contributed by atoms with E-state index in [2.05, 4.69) is 0 Å². The molecule has 0 bridgehead atoms. The van der Waals surface area contributed by atoms with Crippen LogP contribution < -0.4 is 10.5 Å². The molecule has 0 aliphatic carbocycles. The molecule has 1 saturated heterocycles. The van der Waals surface area contributed by atoms with E-state index in [4.69, 9.17) is 25.1 Å². The van der Waals surface area contributed by atoms with Crippen molar-refractivity contribution in [3.05, 3.63) is 29.8 Å². The van der Waals surface area contributed by atoms with E-state index >= 15 is 0 Å². The Balaban J connectivity index is 2.01. The monoisotopic (exact) mass is 355 g/mol. The van der Waals surface area contributed by atoms with Crippen LogP contribution in [0.2, 0.25) is 0 Å². The Morgan fingerprint density at radius 2 is 2.00 bits per heavy atom. The molecular formula is C16H21NO8. The molecule has 0 spiro atoms. The summed E-state index contributed by atoms with van der Waals surface area (Å²) in [7, 11) is 1.46. The second-order valence-corrected chi connectivity index (χ2v) is 5.47. The molecule has 5 unspecified atom stereocenters. The molecule has 5 atom stereocenters. The summed E-state index contributed by atoms with van der Waals surface area (Å²) in [6.07, 6.45) is -4.93. The third kappa shape index (κ3) is 4.47. The number of carbonyl (C=O) groups excluding carboxylic acids is 1. The van der Waals surface area contributed by atoms with Crippen molar-refractivity contribution in [3.8, 4) is 5.75 Å². The van der Waals surface area contributed by atoms with Crippen LogP contribution in [0.4, 0.5) is 5.69 Å². The molecule has 1 heterocycles. The normalized spacial score (nSPS) is 29.6. The molecule has 1 aromatic rings. The summed E-state index contributed by atoms with van der Waals surface area (Å²) in [6, 6.07) is 4.89. The maximum absolute atomic E-state index is 11.9. The Kier molecular flexibility index (Phi) is 6.34. The van der Waals surface area contributed by atoms with Crippen LogP contribution in [0.25, 0.3) is 6.08 Å². The molecule has 2 rings (SSSR count). The lowest BCUT2D eigenvalue weighted by atomic mass is 9.99. The van der Waals surface area contributed by atoms with Crippen molar-refractivity contribution in [2.45, 2.75) is 30.7 Å². The minimum atomic E-state index is -1.65. The molecule has 25 heavy (non-hydrogen) atoms. The first kappa shape index (κ1) is 19.2. The van der Waals surface area contributed by atoms with Gasteiger partial charge in [-0.2, -0.15) is 0 Å². The summed E-state index contributed by atoms with van der Waals surface area (Å²) in [5, 5.41) is 38.2. The fourth-order valence-corrected chi connectivity index (χ4v) is 2.31. The first-order chi connectivity index (χ1) is 11.9. The zero-order valence-corrected chi connectivity index (χ0v) is 13.5. The number of aliphatic hydroxyl groups is 4. The molecule has 138 valence electrons. The number of rotatable bonds is 5. The summed E-state index contributed by atoms with van der Waals surface area (Å²) in [6.45, 7) is -0.611. The summed E-state index contributed by atoms with van der Waals surface area (Å²) in [5.74, 6) is -0.399. The Labute approximate surface area is 143 Å². The lowest BCUT2D eigenvalue weighted by molar-refractivity contribution is -0.291. The Morgan fingerprint density at radius 1 is 1.28 bits per heavy atom. The quantitative estimate of drug-likeness (QED) is 0.245. The third-order valence-electron chi connectivity index (χ3n) is 3.75. The molecule has 0 radical (unpaired) electrons. The Bertz CT molecular complexity index is 633. The number of anilines is 1. The molecule has 6 N–H and O–H groups in total. The smallest absolute Gasteiger partial charge is 0.333 e. The number of hydrogen-bond donors (Lipinski definition) is 5. The number of benzene rings is 1. The molecule has 1 aliphatic heterocycles. The van der Waals surface area contributed by atoms with Crippen molar-refractivity contribution >= 4 is 17.7 Å². The minimum absolute atomic E-state index is 0.448. The molecule has 1 aliphatic rings. The van der Waals surface area contributed by atoms with Gasteiger partial charge in [0.15, 0.2) is 0 Å². The second-order valence-electron chi connectivity index (χ2n) is 5.47. The van der Waals surface area contributed by atoms with Gasteiger partial charge in [-0.1, -0.05) is 6.07 Å². The molecule has 1 fully saturated rings. The van der Waals surface area contributed by atoms with Crippen LogP contribution in [0.3, 0.4) is 0 Å². The number of nitrogen functional groups attached to an aromatic ring is 1. The molecule has 0 amide bonds. The van der Waals surface area contributed by atoms with Gasteiger partial charge in [0.1, 0.15) is 30.2 Å². The SMILES string of the molecule is COc1cc(/C=C/C(=O)OC2OC(CO)C(O)C(O)C2O)ccc1N. The predicted octanol–water partition coefficient (Wildman–Crippen LogP) is -1.37. The van der Waals surface area contributed by atoms with Crippen molar-refractivity contribution in [2.24, 2.45) is 0 Å². The van der Waals surface area contributed by atoms with Gasteiger partial charge in [-0.25, -0.2) is 4.79 Å². The van der Waals surface area contributed by atoms with Gasteiger partial charge in [0, 0.05) is 6.08 Å². The van der Waals surface area contributed by atoms with Gasteiger partial charge < -0.3 is 40.4 Å². The molecule has 0 aromatic heterocycles. The highest BCUT2D eigenvalue weighted by molar-refractivity contribution is 5.87. The van der Waals surface area contributed by atoms with Crippen LogP contribution in [-0.4, -0.2) is 70.8 Å². The highest BCUT2D eigenvalue weighted by Crippen LogP contribution is 2.24. The predicted molar refractivity (Wildman–Crippen MR) is 86.3 cm³/mol. The fraction of sp³-hybridized carbons (Fsp3) is 0.438. The van der Waals surface area contributed by atoms with E-state index in [0.717, 1.165) is 6.08 Å². The third-order valence-corrected chi connectivity index (χ3v) is 3.75. The lowest BCUT2D eigenvalue weighted by Gasteiger charge is -2.38. The summed E-state index contributed by atoms with van der Waals surface area (Å²) in [5.41, 5.74) is 6.77. The highest BCUT2D eigenvalue weighted by atomic mass is 16.7. The van der Waals surface area contributed by atoms with Crippen molar-refractivity contribution in [1.29, 1.82) is 0 Å². The van der Waals surface area contributed by atoms with Gasteiger partial charge in [-0.3, -0.25) is 0 Å². The first-order valence-electron chi connectivity index (χ1n) is 7.50. The Morgan fingerprint density at radius 3 is 2.64 bits per heavy atom. The van der Waals surface area contributed by atoms with E-state index in [0.29, 0.717) is 17.0 Å². The number of methoxy groups -OCH3 is 1. The second kappa shape index (κ2) is 8.28. The Hall–Kier alpha value is -2.17. The van der Waals surface area contributed by atoms with E-state index in [9.17, 15) is 20.1 Å². The molecular weight excluding hydrogens is 334 g/mol. The van der Waals surface area contributed by atoms with Crippen molar-refractivity contribution < 1.29 is 39.4 Å². The van der Waals surface area contributed by atoms with Crippen LogP contribution in [0, 0.1) is 0 Å². The van der Waals surface area contributed by atoms with Gasteiger partial charge >= 0.3 is 5.97 Å². The number of esters is 1. The number of nitrogens with two attached hydrogens (primary N) is 1.